The van der Waals surface area contributed by atoms with Gasteiger partial charge in [0, 0.05) is 23.6 Å². The Balaban J connectivity index is 1.67. The summed E-state index contributed by atoms with van der Waals surface area (Å²) in [6.07, 6.45) is 2.78. The van der Waals surface area contributed by atoms with Crippen molar-refractivity contribution in [2.75, 3.05) is 6.54 Å². The maximum atomic E-state index is 12.6. The highest BCUT2D eigenvalue weighted by Crippen LogP contribution is 2.48. The lowest BCUT2D eigenvalue weighted by atomic mass is 10.0. The zero-order chi connectivity index (χ0) is 18.5. The van der Waals surface area contributed by atoms with Crippen LogP contribution >= 0.6 is 11.6 Å². The summed E-state index contributed by atoms with van der Waals surface area (Å²) in [5, 5.41) is 5.15. The fraction of sp³-hybridized carbons (Fsp3) is 0.421. The van der Waals surface area contributed by atoms with Crippen LogP contribution in [0, 0.1) is 5.41 Å². The van der Waals surface area contributed by atoms with E-state index in [1.54, 1.807) is 16.8 Å². The van der Waals surface area contributed by atoms with Crippen LogP contribution in [0.25, 0.3) is 11.3 Å². The molecule has 0 saturated heterocycles. The number of hydrogen-bond acceptors (Lipinski definition) is 3. The summed E-state index contributed by atoms with van der Waals surface area (Å²) in [5.41, 5.74) is 8.18. The second kappa shape index (κ2) is 6.13. The maximum Gasteiger partial charge on any atom is 0.252 e. The molecule has 2 heterocycles. The van der Waals surface area contributed by atoms with Gasteiger partial charge in [-0.1, -0.05) is 30.7 Å². The van der Waals surface area contributed by atoms with Gasteiger partial charge in [0.1, 0.15) is 5.69 Å². The van der Waals surface area contributed by atoms with Gasteiger partial charge < -0.3 is 10.6 Å². The first-order valence-electron chi connectivity index (χ1n) is 8.79. The Bertz CT molecular complexity index is 901. The van der Waals surface area contributed by atoms with Gasteiger partial charge in [-0.15, -0.1) is 0 Å². The van der Waals surface area contributed by atoms with Crippen LogP contribution in [0.15, 0.2) is 24.3 Å². The SMILES string of the molecule is CC1(CC(=O)N2CCn3nc(-c4cccc(Cl)c4)c(C(N)=O)c3C2)CC1. The molecule has 1 fully saturated rings. The monoisotopic (exact) mass is 372 g/mol. The number of rotatable bonds is 4. The van der Waals surface area contributed by atoms with Crippen LogP contribution in [0.2, 0.25) is 5.02 Å². The predicted molar refractivity (Wildman–Crippen MR) is 98.6 cm³/mol. The van der Waals surface area contributed by atoms with Gasteiger partial charge in [-0.05, 0) is 30.4 Å². The van der Waals surface area contributed by atoms with Crippen molar-refractivity contribution in [2.24, 2.45) is 11.1 Å². The minimum absolute atomic E-state index is 0.136. The highest BCUT2D eigenvalue weighted by atomic mass is 35.5. The molecule has 2 aromatic rings. The smallest absolute Gasteiger partial charge is 0.252 e. The first-order valence-corrected chi connectivity index (χ1v) is 9.17. The van der Waals surface area contributed by atoms with E-state index in [1.165, 1.54) is 0 Å². The van der Waals surface area contributed by atoms with Crippen LogP contribution in [0.4, 0.5) is 0 Å². The highest BCUT2D eigenvalue weighted by Gasteiger charge is 2.41. The Morgan fingerprint density at radius 3 is 2.73 bits per heavy atom. The number of aromatic nitrogens is 2. The number of benzene rings is 1. The van der Waals surface area contributed by atoms with Crippen molar-refractivity contribution >= 4 is 23.4 Å². The van der Waals surface area contributed by atoms with Crippen LogP contribution < -0.4 is 5.73 Å². The minimum atomic E-state index is -0.537. The van der Waals surface area contributed by atoms with E-state index in [0.717, 1.165) is 18.4 Å². The van der Waals surface area contributed by atoms with E-state index < -0.39 is 5.91 Å². The quantitative estimate of drug-likeness (QED) is 0.895. The molecule has 1 aliphatic carbocycles. The standard InChI is InChI=1S/C19H21ClN4O2/c1-19(5-6-19)10-15(25)23-7-8-24-14(11-23)16(18(21)26)17(22-24)12-3-2-4-13(20)9-12/h2-4,9H,5-8,10-11H2,1H3,(H2,21,26). The zero-order valence-electron chi connectivity index (χ0n) is 14.7. The summed E-state index contributed by atoms with van der Waals surface area (Å²) in [6, 6.07) is 7.19. The molecule has 1 aliphatic heterocycles. The van der Waals surface area contributed by atoms with E-state index in [-0.39, 0.29) is 11.3 Å². The Morgan fingerprint density at radius 1 is 1.31 bits per heavy atom. The van der Waals surface area contributed by atoms with Gasteiger partial charge in [-0.2, -0.15) is 5.10 Å². The lowest BCUT2D eigenvalue weighted by molar-refractivity contribution is -0.133. The molecular formula is C19H21ClN4O2. The molecule has 4 rings (SSSR count). The Kier molecular flexibility index (Phi) is 4.03. The number of halogens is 1. The summed E-state index contributed by atoms with van der Waals surface area (Å²) in [4.78, 5) is 26.6. The summed E-state index contributed by atoms with van der Waals surface area (Å²) in [5.74, 6) is -0.401. The number of fused-ring (bicyclic) bond motifs is 1. The van der Waals surface area contributed by atoms with E-state index in [2.05, 4.69) is 12.0 Å². The molecule has 0 atom stereocenters. The topological polar surface area (TPSA) is 81.2 Å². The molecule has 2 N–H and O–H groups in total. The lowest BCUT2D eigenvalue weighted by Gasteiger charge is -2.29. The maximum absolute atomic E-state index is 12.6. The molecule has 0 radical (unpaired) electrons. The molecule has 0 bridgehead atoms. The molecule has 0 spiro atoms. The van der Waals surface area contributed by atoms with E-state index in [1.807, 2.05) is 17.0 Å². The molecule has 1 saturated carbocycles. The molecule has 7 heteroatoms. The number of carbonyl (C=O) groups excluding carboxylic acids is 2. The van der Waals surface area contributed by atoms with Gasteiger partial charge in [-0.25, -0.2) is 0 Å². The summed E-state index contributed by atoms with van der Waals surface area (Å²) in [7, 11) is 0. The van der Waals surface area contributed by atoms with Crippen LogP contribution in [0.3, 0.4) is 0 Å². The van der Waals surface area contributed by atoms with E-state index in [4.69, 9.17) is 17.3 Å². The average molecular weight is 373 g/mol. The molecule has 1 aromatic heterocycles. The number of carbonyl (C=O) groups is 2. The van der Waals surface area contributed by atoms with Crippen LogP contribution in [0.1, 0.15) is 42.2 Å². The third-order valence-electron chi connectivity index (χ3n) is 5.36. The van der Waals surface area contributed by atoms with Crippen molar-refractivity contribution in [3.05, 3.63) is 40.5 Å². The second-order valence-electron chi connectivity index (χ2n) is 7.57. The lowest BCUT2D eigenvalue weighted by Crippen LogP contribution is -2.39. The molecule has 0 unspecified atom stereocenters. The number of primary amides is 1. The average Bonchev–Trinajstić information content (AvgIpc) is 3.19. The fourth-order valence-corrected chi connectivity index (χ4v) is 3.68. The molecule has 2 aliphatic rings. The first-order chi connectivity index (χ1) is 12.4. The van der Waals surface area contributed by atoms with Gasteiger partial charge in [0.05, 0.1) is 24.3 Å². The first kappa shape index (κ1) is 17.1. The second-order valence-corrected chi connectivity index (χ2v) is 8.01. The normalized spacial score (nSPS) is 17.7. The van der Waals surface area contributed by atoms with Crippen molar-refractivity contribution in [3.8, 4) is 11.3 Å². The van der Waals surface area contributed by atoms with Crippen molar-refractivity contribution in [3.63, 3.8) is 0 Å². The summed E-state index contributed by atoms with van der Waals surface area (Å²) >= 11 is 6.08. The third-order valence-corrected chi connectivity index (χ3v) is 5.59. The number of nitrogens with two attached hydrogens (primary N) is 1. The minimum Gasteiger partial charge on any atom is -0.365 e. The molecule has 1 aromatic carbocycles. The predicted octanol–water partition coefficient (Wildman–Crippen LogP) is 2.83. The Hall–Kier alpha value is -2.34. The Morgan fingerprint density at radius 2 is 2.08 bits per heavy atom. The van der Waals surface area contributed by atoms with Gasteiger partial charge in [0.25, 0.3) is 5.91 Å². The van der Waals surface area contributed by atoms with Crippen molar-refractivity contribution in [1.29, 1.82) is 0 Å². The van der Waals surface area contributed by atoms with Gasteiger partial charge in [0.2, 0.25) is 5.91 Å². The van der Waals surface area contributed by atoms with Crippen molar-refractivity contribution < 1.29 is 9.59 Å². The highest BCUT2D eigenvalue weighted by molar-refractivity contribution is 6.30. The molecule has 6 nitrogen and oxygen atoms in total. The number of hydrogen-bond donors (Lipinski definition) is 1. The number of nitrogens with zero attached hydrogens (tertiary/aromatic N) is 3. The molecule has 26 heavy (non-hydrogen) atoms. The summed E-state index contributed by atoms with van der Waals surface area (Å²) in [6.45, 7) is 3.65. The van der Waals surface area contributed by atoms with E-state index in [0.29, 0.717) is 48.0 Å². The van der Waals surface area contributed by atoms with E-state index >= 15 is 0 Å². The molecular weight excluding hydrogens is 352 g/mol. The van der Waals surface area contributed by atoms with Crippen LogP contribution in [0.5, 0.6) is 0 Å². The fourth-order valence-electron chi connectivity index (χ4n) is 3.49. The van der Waals surface area contributed by atoms with Gasteiger partial charge in [0.15, 0.2) is 0 Å². The number of amides is 2. The van der Waals surface area contributed by atoms with Crippen molar-refractivity contribution in [2.45, 2.75) is 39.3 Å². The molecule has 2 amide bonds. The van der Waals surface area contributed by atoms with Crippen LogP contribution in [-0.2, 0) is 17.9 Å². The summed E-state index contributed by atoms with van der Waals surface area (Å²) < 4.78 is 1.79. The van der Waals surface area contributed by atoms with E-state index in [9.17, 15) is 9.59 Å². The Labute approximate surface area is 156 Å². The van der Waals surface area contributed by atoms with Crippen molar-refractivity contribution in [1.82, 2.24) is 14.7 Å². The largest absolute Gasteiger partial charge is 0.365 e. The van der Waals surface area contributed by atoms with Gasteiger partial charge in [-0.3, -0.25) is 14.3 Å². The third kappa shape index (κ3) is 3.09. The van der Waals surface area contributed by atoms with Crippen LogP contribution in [-0.4, -0.2) is 33.0 Å². The zero-order valence-corrected chi connectivity index (χ0v) is 15.4. The van der Waals surface area contributed by atoms with Gasteiger partial charge >= 0.3 is 0 Å². The molecule has 136 valence electrons.